The van der Waals surface area contributed by atoms with E-state index < -0.39 is 0 Å². The predicted octanol–water partition coefficient (Wildman–Crippen LogP) is 2.96. The Bertz CT molecular complexity index is 558. The highest BCUT2D eigenvalue weighted by atomic mass is 16.3. The highest BCUT2D eigenvalue weighted by Crippen LogP contribution is 2.20. The van der Waals surface area contributed by atoms with Gasteiger partial charge in [-0.3, -0.25) is 0 Å². The maximum atomic E-state index is 9.77. The molecule has 2 rings (SSSR count). The van der Waals surface area contributed by atoms with Gasteiger partial charge in [0.05, 0.1) is 24.0 Å². The number of para-hydroxylation sites is 2. The third-order valence-electron chi connectivity index (χ3n) is 4.16. The number of hydrogen-bond donors (Lipinski definition) is 2. The second-order valence-corrected chi connectivity index (χ2v) is 6.12. The maximum Gasteiger partial charge on any atom is 0.0958 e. The van der Waals surface area contributed by atoms with Crippen LogP contribution in [-0.2, 0) is 6.54 Å². The third-order valence-corrected chi connectivity index (χ3v) is 4.16. The molecule has 0 fully saturated rings. The molecule has 1 aromatic heterocycles. The Kier molecular flexibility index (Phi) is 5.37. The van der Waals surface area contributed by atoms with Gasteiger partial charge in [-0.1, -0.05) is 32.9 Å². The maximum absolute atomic E-state index is 9.77. The van der Waals surface area contributed by atoms with Crippen LogP contribution in [0.15, 0.2) is 30.6 Å². The number of nitrogens with zero attached hydrogens (tertiary/aromatic N) is 2. The van der Waals surface area contributed by atoms with Gasteiger partial charge in [-0.05, 0) is 31.4 Å². The number of imidazole rings is 1. The van der Waals surface area contributed by atoms with E-state index in [1.54, 1.807) is 0 Å². The number of aromatic nitrogens is 2. The molecule has 0 saturated heterocycles. The van der Waals surface area contributed by atoms with Crippen molar-refractivity contribution >= 4 is 11.0 Å². The van der Waals surface area contributed by atoms with Crippen LogP contribution in [0.25, 0.3) is 11.0 Å². The van der Waals surface area contributed by atoms with Gasteiger partial charge in [0.2, 0.25) is 0 Å². The van der Waals surface area contributed by atoms with Crippen molar-refractivity contribution in [3.63, 3.8) is 0 Å². The monoisotopic (exact) mass is 289 g/mol. The fourth-order valence-corrected chi connectivity index (χ4v) is 2.98. The highest BCUT2D eigenvalue weighted by molar-refractivity contribution is 5.74. The molecule has 0 aliphatic rings. The van der Waals surface area contributed by atoms with Gasteiger partial charge in [0.1, 0.15) is 0 Å². The summed E-state index contributed by atoms with van der Waals surface area (Å²) in [6.45, 7) is 7.51. The lowest BCUT2D eigenvalue weighted by Gasteiger charge is -2.34. The van der Waals surface area contributed by atoms with Crippen LogP contribution in [0.3, 0.4) is 0 Å². The molecule has 4 nitrogen and oxygen atoms in total. The molecule has 0 amide bonds. The van der Waals surface area contributed by atoms with Crippen molar-refractivity contribution in [1.82, 2.24) is 14.9 Å². The lowest BCUT2D eigenvalue weighted by molar-refractivity contribution is 0.134. The van der Waals surface area contributed by atoms with Crippen molar-refractivity contribution in [2.24, 2.45) is 0 Å². The summed E-state index contributed by atoms with van der Waals surface area (Å²) < 4.78 is 2.20. The summed E-state index contributed by atoms with van der Waals surface area (Å²) in [5, 5.41) is 13.3. The average Bonchev–Trinajstić information content (AvgIpc) is 2.89. The van der Waals surface area contributed by atoms with E-state index in [1.807, 2.05) is 24.5 Å². The molecule has 0 bridgehead atoms. The number of aliphatic hydroxyl groups is 1. The Labute approximate surface area is 127 Å². The van der Waals surface area contributed by atoms with Crippen molar-refractivity contribution in [2.45, 2.75) is 58.2 Å². The van der Waals surface area contributed by atoms with Gasteiger partial charge in [-0.25, -0.2) is 4.98 Å². The minimum atomic E-state index is -0.162. The van der Waals surface area contributed by atoms with Crippen LogP contribution in [0.2, 0.25) is 0 Å². The van der Waals surface area contributed by atoms with Crippen molar-refractivity contribution in [2.75, 3.05) is 6.61 Å². The van der Waals surface area contributed by atoms with Crippen molar-refractivity contribution in [3.8, 4) is 0 Å². The smallest absolute Gasteiger partial charge is 0.0958 e. The van der Waals surface area contributed by atoms with Gasteiger partial charge in [0, 0.05) is 18.1 Å². The molecule has 0 saturated carbocycles. The number of rotatable bonds is 8. The van der Waals surface area contributed by atoms with Crippen LogP contribution in [0.4, 0.5) is 0 Å². The number of aryl methyl sites for hydroxylation is 1. The average molecular weight is 289 g/mol. The van der Waals surface area contributed by atoms with Gasteiger partial charge in [0.15, 0.2) is 0 Å². The van der Waals surface area contributed by atoms with Crippen LogP contribution in [0.1, 0.15) is 40.0 Å². The van der Waals surface area contributed by atoms with Gasteiger partial charge in [-0.15, -0.1) is 0 Å². The number of aliphatic hydroxyl groups excluding tert-OH is 1. The van der Waals surface area contributed by atoms with E-state index in [4.69, 9.17) is 0 Å². The minimum Gasteiger partial charge on any atom is -0.394 e. The fourth-order valence-electron chi connectivity index (χ4n) is 2.98. The first-order chi connectivity index (χ1) is 10.1. The summed E-state index contributed by atoms with van der Waals surface area (Å²) in [6, 6.07) is 8.58. The summed E-state index contributed by atoms with van der Waals surface area (Å²) in [4.78, 5) is 4.42. The van der Waals surface area contributed by atoms with Crippen LogP contribution < -0.4 is 5.32 Å². The van der Waals surface area contributed by atoms with E-state index >= 15 is 0 Å². The van der Waals surface area contributed by atoms with Crippen molar-refractivity contribution in [1.29, 1.82) is 0 Å². The molecule has 2 N–H and O–H groups in total. The zero-order valence-corrected chi connectivity index (χ0v) is 13.3. The normalized spacial score (nSPS) is 14.7. The summed E-state index contributed by atoms with van der Waals surface area (Å²) in [6.07, 6.45) is 4.83. The van der Waals surface area contributed by atoms with E-state index in [2.05, 4.69) is 41.7 Å². The lowest BCUT2D eigenvalue weighted by atomic mass is 9.90. The molecule has 2 aromatic rings. The Morgan fingerprint density at radius 1 is 1.33 bits per heavy atom. The highest BCUT2D eigenvalue weighted by Gasteiger charge is 2.27. The zero-order valence-electron chi connectivity index (χ0n) is 13.3. The standard InChI is InChI=1S/C17H27N3O/c1-4-17(12-21,19-14(2)3)10-7-11-20-13-18-15-8-5-6-9-16(15)20/h5-6,8-9,13-14,19,21H,4,7,10-12H2,1-3H3. The number of hydrogen-bond acceptors (Lipinski definition) is 3. The van der Waals surface area contributed by atoms with E-state index in [0.29, 0.717) is 6.04 Å². The summed E-state index contributed by atoms with van der Waals surface area (Å²) in [5.41, 5.74) is 2.06. The molecule has 1 unspecified atom stereocenters. The van der Waals surface area contributed by atoms with E-state index in [9.17, 15) is 5.11 Å². The zero-order chi connectivity index (χ0) is 15.3. The van der Waals surface area contributed by atoms with Crippen LogP contribution in [0.5, 0.6) is 0 Å². The Morgan fingerprint density at radius 3 is 2.76 bits per heavy atom. The first-order valence-electron chi connectivity index (χ1n) is 7.88. The molecule has 0 aliphatic carbocycles. The largest absolute Gasteiger partial charge is 0.394 e. The number of benzene rings is 1. The van der Waals surface area contributed by atoms with Gasteiger partial charge < -0.3 is 15.0 Å². The number of fused-ring (bicyclic) bond motifs is 1. The topological polar surface area (TPSA) is 50.1 Å². The Balaban J connectivity index is 1.99. The molecule has 4 heteroatoms. The van der Waals surface area contributed by atoms with E-state index in [-0.39, 0.29) is 12.1 Å². The van der Waals surface area contributed by atoms with Crippen LogP contribution >= 0.6 is 0 Å². The van der Waals surface area contributed by atoms with Crippen molar-refractivity contribution in [3.05, 3.63) is 30.6 Å². The molecule has 1 heterocycles. The molecule has 0 aliphatic heterocycles. The lowest BCUT2D eigenvalue weighted by Crippen LogP contribution is -2.51. The Hall–Kier alpha value is -1.39. The first kappa shape index (κ1) is 16.0. The predicted molar refractivity (Wildman–Crippen MR) is 87.3 cm³/mol. The Morgan fingerprint density at radius 2 is 2.10 bits per heavy atom. The molecule has 116 valence electrons. The molecule has 21 heavy (non-hydrogen) atoms. The minimum absolute atomic E-state index is 0.162. The summed E-state index contributed by atoms with van der Waals surface area (Å²) >= 11 is 0. The molecular formula is C17H27N3O. The van der Waals surface area contributed by atoms with E-state index in [1.165, 1.54) is 5.52 Å². The number of nitrogens with one attached hydrogen (secondary N) is 1. The molecule has 0 radical (unpaired) electrons. The van der Waals surface area contributed by atoms with Crippen LogP contribution in [-0.4, -0.2) is 32.8 Å². The van der Waals surface area contributed by atoms with Gasteiger partial charge >= 0.3 is 0 Å². The first-order valence-corrected chi connectivity index (χ1v) is 7.88. The SMILES string of the molecule is CCC(CO)(CCCn1cnc2ccccc21)NC(C)C. The molecule has 1 aromatic carbocycles. The third kappa shape index (κ3) is 3.83. The van der Waals surface area contributed by atoms with Crippen molar-refractivity contribution < 1.29 is 5.11 Å². The summed E-state index contributed by atoms with van der Waals surface area (Å²) in [7, 11) is 0. The van der Waals surface area contributed by atoms with E-state index in [0.717, 1.165) is 31.3 Å². The molecule has 0 spiro atoms. The fraction of sp³-hybridized carbons (Fsp3) is 0.588. The van der Waals surface area contributed by atoms with Crippen LogP contribution in [0, 0.1) is 0 Å². The molecular weight excluding hydrogens is 262 g/mol. The molecule has 1 atom stereocenters. The second-order valence-electron chi connectivity index (χ2n) is 6.12. The summed E-state index contributed by atoms with van der Waals surface area (Å²) in [5.74, 6) is 0. The van der Waals surface area contributed by atoms with Gasteiger partial charge in [-0.2, -0.15) is 0 Å². The second kappa shape index (κ2) is 7.05. The quantitative estimate of drug-likeness (QED) is 0.785. The van der Waals surface area contributed by atoms with Gasteiger partial charge in [0.25, 0.3) is 0 Å².